The summed E-state index contributed by atoms with van der Waals surface area (Å²) in [6.07, 6.45) is 0. The van der Waals surface area contributed by atoms with E-state index in [9.17, 15) is 5.11 Å². The molecule has 0 spiro atoms. The monoisotopic (exact) mass is 250 g/mol. The molecule has 0 aliphatic carbocycles. The fourth-order valence-corrected chi connectivity index (χ4v) is 2.53. The van der Waals surface area contributed by atoms with Gasteiger partial charge in [0.05, 0.1) is 16.9 Å². The number of nitrogens with zero attached hydrogens (tertiary/aromatic N) is 1. The molecule has 0 aliphatic rings. The van der Waals surface area contributed by atoms with E-state index in [1.807, 2.05) is 6.07 Å². The largest absolute Gasteiger partial charge is 0.397 e. The average Bonchev–Trinajstić information content (AvgIpc) is 2.31. The van der Waals surface area contributed by atoms with Crippen LogP contribution in [0.5, 0.6) is 0 Å². The highest BCUT2D eigenvalue weighted by molar-refractivity contribution is 6.66. The van der Waals surface area contributed by atoms with Crippen molar-refractivity contribution in [3.8, 4) is 0 Å². The van der Waals surface area contributed by atoms with Crippen molar-refractivity contribution in [2.24, 2.45) is 0 Å². The molecule has 2 rings (SSSR count). The van der Waals surface area contributed by atoms with E-state index in [0.29, 0.717) is 11.4 Å². The highest BCUT2D eigenvalue weighted by Gasteiger charge is 2.22. The van der Waals surface area contributed by atoms with Crippen LogP contribution in [0.2, 0.25) is 0 Å². The number of nitrogen functional groups attached to an aromatic ring is 1. The highest BCUT2D eigenvalue weighted by atomic mass is 16.3. The SMILES string of the molecule is Bc1c(B)c(B)c2nc(C(C)(C)O)c(N)cc2c1B. The van der Waals surface area contributed by atoms with E-state index in [0.717, 1.165) is 16.4 Å². The van der Waals surface area contributed by atoms with Gasteiger partial charge in [0.15, 0.2) is 0 Å². The number of aliphatic hydroxyl groups is 1. The molecule has 3 nitrogen and oxygen atoms in total. The van der Waals surface area contributed by atoms with Crippen molar-refractivity contribution in [3.05, 3.63) is 11.8 Å². The fraction of sp³-hybridized carbons (Fsp3) is 0.250. The van der Waals surface area contributed by atoms with Crippen molar-refractivity contribution < 1.29 is 5.11 Å². The molecule has 0 aliphatic heterocycles. The molecule has 1 aromatic heterocycles. The van der Waals surface area contributed by atoms with Gasteiger partial charge in [-0.1, -0.05) is 16.4 Å². The van der Waals surface area contributed by atoms with E-state index in [1.54, 1.807) is 13.8 Å². The van der Waals surface area contributed by atoms with Gasteiger partial charge in [0.2, 0.25) is 0 Å². The fourth-order valence-electron chi connectivity index (χ4n) is 2.53. The third-order valence-corrected chi connectivity index (χ3v) is 4.08. The molecule has 0 fully saturated rings. The molecule has 0 amide bonds. The first kappa shape index (κ1) is 14.1. The number of fused-ring (bicyclic) bond motifs is 1. The number of anilines is 1. The molecule has 19 heavy (non-hydrogen) atoms. The number of nitrogens with two attached hydrogens (primary N) is 1. The lowest BCUT2D eigenvalue weighted by atomic mass is 9.65. The van der Waals surface area contributed by atoms with E-state index in [-0.39, 0.29) is 0 Å². The number of hydrogen-bond donors (Lipinski definition) is 2. The van der Waals surface area contributed by atoms with E-state index in [4.69, 9.17) is 5.73 Å². The van der Waals surface area contributed by atoms with Gasteiger partial charge in [0.25, 0.3) is 0 Å². The van der Waals surface area contributed by atoms with Crippen LogP contribution in [0.4, 0.5) is 5.69 Å². The molecule has 2 aromatic rings. The van der Waals surface area contributed by atoms with Crippen LogP contribution in [-0.4, -0.2) is 41.5 Å². The van der Waals surface area contributed by atoms with Crippen LogP contribution >= 0.6 is 0 Å². The minimum Gasteiger partial charge on any atom is -0.397 e. The van der Waals surface area contributed by atoms with Crippen LogP contribution in [0.25, 0.3) is 10.9 Å². The topological polar surface area (TPSA) is 59.1 Å². The molecule has 0 atom stereocenters. The Labute approximate surface area is 117 Å². The standard InChI is InChI=1S/C12H18B4N2O/c1-12(2,19)11-5(17)3-4-6(13)7(14)8(15)9(16)10(4)18-11/h3,19H,13-17H2,1-2H3. The van der Waals surface area contributed by atoms with Gasteiger partial charge in [-0.3, -0.25) is 0 Å². The molecule has 0 saturated heterocycles. The zero-order valence-corrected chi connectivity index (χ0v) is 12.5. The van der Waals surface area contributed by atoms with Crippen LogP contribution in [0, 0.1) is 0 Å². The Morgan fingerprint density at radius 3 is 2.11 bits per heavy atom. The van der Waals surface area contributed by atoms with Gasteiger partial charge in [-0.2, -0.15) is 0 Å². The van der Waals surface area contributed by atoms with E-state index in [2.05, 4.69) is 36.4 Å². The second kappa shape index (κ2) is 4.34. The van der Waals surface area contributed by atoms with Gasteiger partial charge in [0.1, 0.15) is 37.0 Å². The van der Waals surface area contributed by atoms with E-state index in [1.165, 1.54) is 16.4 Å². The Hall–Kier alpha value is -1.35. The molecule has 94 valence electrons. The Morgan fingerprint density at radius 2 is 1.58 bits per heavy atom. The number of aromatic nitrogens is 1. The molecular weight excluding hydrogens is 231 g/mol. The van der Waals surface area contributed by atoms with Crippen LogP contribution < -0.4 is 27.6 Å². The molecular formula is C12H18B4N2O. The maximum absolute atomic E-state index is 10.2. The molecule has 1 heterocycles. The summed E-state index contributed by atoms with van der Waals surface area (Å²) in [6, 6.07) is 1.93. The van der Waals surface area contributed by atoms with Crippen LogP contribution in [0.3, 0.4) is 0 Å². The van der Waals surface area contributed by atoms with E-state index < -0.39 is 5.60 Å². The number of benzene rings is 1. The maximum Gasteiger partial charge on any atom is 0.141 e. The summed E-state index contributed by atoms with van der Waals surface area (Å²) in [6.45, 7) is 3.42. The van der Waals surface area contributed by atoms with Gasteiger partial charge in [-0.15, -0.1) is 5.46 Å². The van der Waals surface area contributed by atoms with Gasteiger partial charge in [-0.05, 0) is 25.3 Å². The number of hydrogen-bond acceptors (Lipinski definition) is 3. The Balaban J connectivity index is 2.95. The van der Waals surface area contributed by atoms with Crippen molar-refractivity contribution in [2.45, 2.75) is 19.4 Å². The second-order valence-corrected chi connectivity index (χ2v) is 5.88. The molecule has 0 radical (unpaired) electrons. The summed E-state index contributed by atoms with van der Waals surface area (Å²) < 4.78 is 0. The first-order chi connectivity index (χ1) is 8.64. The van der Waals surface area contributed by atoms with Gasteiger partial charge >= 0.3 is 0 Å². The van der Waals surface area contributed by atoms with Crippen LogP contribution in [0.15, 0.2) is 6.07 Å². The molecule has 0 saturated carbocycles. The molecule has 7 heteroatoms. The zero-order valence-electron chi connectivity index (χ0n) is 12.5. The predicted octanol–water partition coefficient (Wildman–Crippen LogP) is -4.92. The third-order valence-electron chi connectivity index (χ3n) is 4.08. The molecule has 3 N–H and O–H groups in total. The van der Waals surface area contributed by atoms with E-state index >= 15 is 0 Å². The van der Waals surface area contributed by atoms with Gasteiger partial charge in [-0.25, -0.2) is 4.98 Å². The maximum atomic E-state index is 10.2. The molecule has 0 unspecified atom stereocenters. The quantitative estimate of drug-likeness (QED) is 0.498. The summed E-state index contributed by atoms with van der Waals surface area (Å²) in [4.78, 5) is 4.63. The minimum absolute atomic E-state index is 0.547. The summed E-state index contributed by atoms with van der Waals surface area (Å²) in [5.74, 6) is 0. The second-order valence-electron chi connectivity index (χ2n) is 5.88. The van der Waals surface area contributed by atoms with Gasteiger partial charge < -0.3 is 10.8 Å². The lowest BCUT2D eigenvalue weighted by molar-refractivity contribution is 0.0751. The van der Waals surface area contributed by atoms with Crippen LogP contribution in [0.1, 0.15) is 19.5 Å². The summed E-state index contributed by atoms with van der Waals surface area (Å²) in [7, 11) is 8.40. The first-order valence-corrected chi connectivity index (χ1v) is 6.54. The number of rotatable bonds is 1. The normalized spacial score (nSPS) is 11.9. The summed E-state index contributed by atoms with van der Waals surface area (Å²) >= 11 is 0. The Morgan fingerprint density at radius 1 is 1.05 bits per heavy atom. The van der Waals surface area contributed by atoms with Crippen molar-refractivity contribution in [2.75, 3.05) is 5.73 Å². The molecule has 0 bridgehead atoms. The molecule has 1 aromatic carbocycles. The Kier molecular flexibility index (Phi) is 3.21. The smallest absolute Gasteiger partial charge is 0.141 e. The lowest BCUT2D eigenvalue weighted by Crippen LogP contribution is -2.48. The highest BCUT2D eigenvalue weighted by Crippen LogP contribution is 2.25. The lowest BCUT2D eigenvalue weighted by Gasteiger charge is -2.22. The van der Waals surface area contributed by atoms with Gasteiger partial charge in [0, 0.05) is 0 Å². The summed E-state index contributed by atoms with van der Waals surface area (Å²) in [5, 5.41) is 11.2. The predicted molar refractivity (Wildman–Crippen MR) is 94.1 cm³/mol. The minimum atomic E-state index is -1.03. The van der Waals surface area contributed by atoms with Crippen molar-refractivity contribution in [1.82, 2.24) is 4.98 Å². The summed E-state index contributed by atoms with van der Waals surface area (Å²) in [5.41, 5.74) is 12.0. The van der Waals surface area contributed by atoms with Crippen molar-refractivity contribution in [1.29, 1.82) is 0 Å². The number of pyridine rings is 1. The van der Waals surface area contributed by atoms with Crippen LogP contribution in [-0.2, 0) is 5.60 Å². The zero-order chi connectivity index (χ0) is 14.5. The third kappa shape index (κ3) is 2.16. The average molecular weight is 250 g/mol. The van der Waals surface area contributed by atoms with Crippen molar-refractivity contribution >= 4 is 69.8 Å². The Bertz CT molecular complexity index is 680. The first-order valence-electron chi connectivity index (χ1n) is 6.54. The van der Waals surface area contributed by atoms with Crippen molar-refractivity contribution in [3.63, 3.8) is 0 Å².